The third-order valence-electron chi connectivity index (χ3n) is 3.72. The standard InChI is InChI=1S/C14H17N5OS/c15-10-5-3-4-9(10)8-12(20)17-14-19-18-13(21-14)11-6-1-2-7-16-11/h1-2,6-7,9-10H,3-5,8,15H2,(H,17,19,20)/t9-,10+/m0/s1. The van der Waals surface area contributed by atoms with Crippen LogP contribution in [-0.4, -0.2) is 27.1 Å². The molecule has 0 radical (unpaired) electrons. The van der Waals surface area contributed by atoms with E-state index in [1.54, 1.807) is 6.20 Å². The Labute approximate surface area is 126 Å². The number of nitrogens with two attached hydrogens (primary N) is 1. The highest BCUT2D eigenvalue weighted by Gasteiger charge is 2.26. The Kier molecular flexibility index (Phi) is 4.21. The molecule has 7 heteroatoms. The minimum Gasteiger partial charge on any atom is -0.327 e. The number of nitrogens with zero attached hydrogens (tertiary/aromatic N) is 3. The van der Waals surface area contributed by atoms with Gasteiger partial charge in [0.2, 0.25) is 11.0 Å². The number of rotatable bonds is 4. The van der Waals surface area contributed by atoms with Crippen LogP contribution in [0.4, 0.5) is 5.13 Å². The Hall–Kier alpha value is -1.86. The summed E-state index contributed by atoms with van der Waals surface area (Å²) < 4.78 is 0. The maximum Gasteiger partial charge on any atom is 0.226 e. The smallest absolute Gasteiger partial charge is 0.226 e. The van der Waals surface area contributed by atoms with Crippen LogP contribution in [-0.2, 0) is 4.79 Å². The fourth-order valence-corrected chi connectivity index (χ4v) is 3.33. The Morgan fingerprint density at radius 2 is 2.29 bits per heavy atom. The number of carbonyl (C=O) groups is 1. The molecular formula is C14H17N5OS. The topological polar surface area (TPSA) is 93.8 Å². The first-order chi connectivity index (χ1) is 10.2. The lowest BCUT2D eigenvalue weighted by Gasteiger charge is -2.13. The summed E-state index contributed by atoms with van der Waals surface area (Å²) in [6.45, 7) is 0. The zero-order valence-electron chi connectivity index (χ0n) is 11.5. The van der Waals surface area contributed by atoms with E-state index in [0.717, 1.165) is 25.0 Å². The van der Waals surface area contributed by atoms with E-state index in [-0.39, 0.29) is 17.9 Å². The Balaban J connectivity index is 1.61. The molecule has 1 saturated carbocycles. The molecule has 3 N–H and O–H groups in total. The van der Waals surface area contributed by atoms with Crippen molar-refractivity contribution in [2.75, 3.05) is 5.32 Å². The van der Waals surface area contributed by atoms with Gasteiger partial charge < -0.3 is 11.1 Å². The van der Waals surface area contributed by atoms with Gasteiger partial charge in [-0.15, -0.1) is 10.2 Å². The van der Waals surface area contributed by atoms with E-state index in [9.17, 15) is 4.79 Å². The molecule has 3 rings (SSSR count). The van der Waals surface area contributed by atoms with E-state index in [1.807, 2.05) is 18.2 Å². The zero-order valence-corrected chi connectivity index (χ0v) is 12.3. The first kappa shape index (κ1) is 14.1. The average molecular weight is 303 g/mol. The summed E-state index contributed by atoms with van der Waals surface area (Å²) in [6.07, 6.45) is 5.32. The lowest BCUT2D eigenvalue weighted by Crippen LogP contribution is -2.28. The van der Waals surface area contributed by atoms with E-state index in [4.69, 9.17) is 5.73 Å². The largest absolute Gasteiger partial charge is 0.327 e. The van der Waals surface area contributed by atoms with Gasteiger partial charge in [0.1, 0.15) is 5.69 Å². The fourth-order valence-electron chi connectivity index (χ4n) is 2.59. The first-order valence-corrected chi connectivity index (χ1v) is 7.84. The number of hydrogen-bond acceptors (Lipinski definition) is 6. The molecule has 0 saturated heterocycles. The predicted molar refractivity (Wildman–Crippen MR) is 81.7 cm³/mol. The Bertz CT molecular complexity index is 615. The van der Waals surface area contributed by atoms with E-state index in [0.29, 0.717) is 16.6 Å². The van der Waals surface area contributed by atoms with Crippen molar-refractivity contribution in [1.82, 2.24) is 15.2 Å². The van der Waals surface area contributed by atoms with Gasteiger partial charge >= 0.3 is 0 Å². The molecule has 6 nitrogen and oxygen atoms in total. The van der Waals surface area contributed by atoms with Crippen LogP contribution < -0.4 is 11.1 Å². The van der Waals surface area contributed by atoms with Gasteiger partial charge in [-0.05, 0) is 30.9 Å². The molecule has 110 valence electrons. The molecule has 0 unspecified atom stereocenters. The summed E-state index contributed by atoms with van der Waals surface area (Å²) in [5.41, 5.74) is 6.74. The summed E-state index contributed by atoms with van der Waals surface area (Å²) in [4.78, 5) is 16.2. The summed E-state index contributed by atoms with van der Waals surface area (Å²) in [5.74, 6) is 0.245. The van der Waals surface area contributed by atoms with Gasteiger partial charge in [0.05, 0.1) is 0 Å². The molecule has 0 aliphatic heterocycles. The monoisotopic (exact) mass is 303 g/mol. The minimum absolute atomic E-state index is 0.0407. The molecule has 21 heavy (non-hydrogen) atoms. The molecule has 1 aliphatic carbocycles. The molecule has 2 heterocycles. The molecule has 1 fully saturated rings. The number of amides is 1. The Morgan fingerprint density at radius 3 is 3.00 bits per heavy atom. The zero-order chi connectivity index (χ0) is 14.7. The van der Waals surface area contributed by atoms with Gasteiger partial charge in [0, 0.05) is 18.7 Å². The molecule has 0 aromatic carbocycles. The van der Waals surface area contributed by atoms with Gasteiger partial charge in [0.25, 0.3) is 0 Å². The fraction of sp³-hybridized carbons (Fsp3) is 0.429. The van der Waals surface area contributed by atoms with Crippen molar-refractivity contribution in [3.8, 4) is 10.7 Å². The molecule has 1 aliphatic rings. The van der Waals surface area contributed by atoms with Crippen molar-refractivity contribution < 1.29 is 4.79 Å². The summed E-state index contributed by atoms with van der Waals surface area (Å²) in [6, 6.07) is 5.75. The second kappa shape index (κ2) is 6.28. The van der Waals surface area contributed by atoms with Crippen LogP contribution in [0, 0.1) is 5.92 Å². The van der Waals surface area contributed by atoms with Crippen molar-refractivity contribution in [2.45, 2.75) is 31.7 Å². The number of hydrogen-bond donors (Lipinski definition) is 2. The number of aromatic nitrogens is 3. The third kappa shape index (κ3) is 3.43. The lowest BCUT2D eigenvalue weighted by atomic mass is 10.00. The van der Waals surface area contributed by atoms with E-state index >= 15 is 0 Å². The highest BCUT2D eigenvalue weighted by atomic mass is 32.1. The van der Waals surface area contributed by atoms with Crippen LogP contribution in [0.1, 0.15) is 25.7 Å². The number of carbonyl (C=O) groups excluding carboxylic acids is 1. The summed E-state index contributed by atoms with van der Waals surface area (Å²) >= 11 is 1.33. The van der Waals surface area contributed by atoms with Crippen LogP contribution in [0.2, 0.25) is 0 Å². The van der Waals surface area contributed by atoms with Gasteiger partial charge in [-0.2, -0.15) is 0 Å². The van der Waals surface area contributed by atoms with E-state index in [2.05, 4.69) is 20.5 Å². The van der Waals surface area contributed by atoms with Crippen molar-refractivity contribution in [2.24, 2.45) is 11.7 Å². The maximum atomic E-state index is 12.0. The molecule has 2 aromatic rings. The molecule has 0 bridgehead atoms. The Morgan fingerprint density at radius 1 is 1.38 bits per heavy atom. The highest BCUT2D eigenvalue weighted by Crippen LogP contribution is 2.28. The van der Waals surface area contributed by atoms with Gasteiger partial charge in [0.15, 0.2) is 5.01 Å². The summed E-state index contributed by atoms with van der Waals surface area (Å²) in [5, 5.41) is 12.1. The second-order valence-corrected chi connectivity index (χ2v) is 6.21. The van der Waals surface area contributed by atoms with Crippen LogP contribution in [0.25, 0.3) is 10.7 Å². The number of nitrogens with one attached hydrogen (secondary N) is 1. The molecule has 2 aromatic heterocycles. The van der Waals surface area contributed by atoms with Crippen molar-refractivity contribution in [1.29, 1.82) is 0 Å². The van der Waals surface area contributed by atoms with Crippen LogP contribution in [0.15, 0.2) is 24.4 Å². The van der Waals surface area contributed by atoms with Crippen LogP contribution in [0.5, 0.6) is 0 Å². The lowest BCUT2D eigenvalue weighted by molar-refractivity contribution is -0.117. The quantitative estimate of drug-likeness (QED) is 0.901. The molecular weight excluding hydrogens is 286 g/mol. The second-order valence-electron chi connectivity index (χ2n) is 5.23. The van der Waals surface area contributed by atoms with Crippen molar-refractivity contribution in [3.63, 3.8) is 0 Å². The van der Waals surface area contributed by atoms with E-state index < -0.39 is 0 Å². The minimum atomic E-state index is -0.0407. The number of pyridine rings is 1. The van der Waals surface area contributed by atoms with Gasteiger partial charge in [-0.3, -0.25) is 9.78 Å². The first-order valence-electron chi connectivity index (χ1n) is 7.03. The van der Waals surface area contributed by atoms with Crippen molar-refractivity contribution >= 4 is 22.4 Å². The highest BCUT2D eigenvalue weighted by molar-refractivity contribution is 7.18. The third-order valence-corrected chi connectivity index (χ3v) is 4.58. The normalized spacial score (nSPS) is 21.4. The molecule has 0 spiro atoms. The van der Waals surface area contributed by atoms with Gasteiger partial charge in [-0.25, -0.2) is 0 Å². The van der Waals surface area contributed by atoms with Crippen LogP contribution >= 0.6 is 11.3 Å². The summed E-state index contributed by atoms with van der Waals surface area (Å²) in [7, 11) is 0. The molecule has 1 amide bonds. The average Bonchev–Trinajstić information content (AvgIpc) is 3.10. The predicted octanol–water partition coefficient (Wildman–Crippen LogP) is 2.06. The molecule has 2 atom stereocenters. The van der Waals surface area contributed by atoms with Crippen molar-refractivity contribution in [3.05, 3.63) is 24.4 Å². The van der Waals surface area contributed by atoms with Crippen LogP contribution in [0.3, 0.4) is 0 Å². The SMILES string of the molecule is N[C@@H]1CCC[C@H]1CC(=O)Nc1nnc(-c2ccccn2)s1. The maximum absolute atomic E-state index is 12.0. The number of anilines is 1. The van der Waals surface area contributed by atoms with E-state index in [1.165, 1.54) is 11.3 Å². The van der Waals surface area contributed by atoms with Gasteiger partial charge in [-0.1, -0.05) is 23.8 Å².